The van der Waals surface area contributed by atoms with E-state index < -0.39 is 6.10 Å². The Kier molecular flexibility index (Phi) is 5.18. The number of aliphatic hydroxyl groups excluding tert-OH is 1. The van der Waals surface area contributed by atoms with Crippen molar-refractivity contribution >= 4 is 18.3 Å². The summed E-state index contributed by atoms with van der Waals surface area (Å²) in [6.07, 6.45) is 1.07. The van der Waals surface area contributed by atoms with Crippen LogP contribution in [0.3, 0.4) is 0 Å². The fourth-order valence-corrected chi connectivity index (χ4v) is 3.95. The van der Waals surface area contributed by atoms with E-state index in [1.165, 1.54) is 0 Å². The Hall–Kier alpha value is -1.50. The molecule has 0 bridgehead atoms. The van der Waals surface area contributed by atoms with Gasteiger partial charge in [-0.3, -0.25) is 4.79 Å². The van der Waals surface area contributed by atoms with Gasteiger partial charge in [-0.1, -0.05) is 6.07 Å². The van der Waals surface area contributed by atoms with Crippen LogP contribution in [0.25, 0.3) is 0 Å². The number of halogens is 1. The molecule has 1 aliphatic carbocycles. The summed E-state index contributed by atoms with van der Waals surface area (Å²) in [5.74, 6) is 1.96. The van der Waals surface area contributed by atoms with E-state index in [2.05, 4.69) is 10.6 Å². The predicted molar refractivity (Wildman–Crippen MR) is 91.0 cm³/mol. The third kappa shape index (κ3) is 3.18. The smallest absolute Gasteiger partial charge is 0.255 e. The van der Waals surface area contributed by atoms with E-state index in [1.54, 1.807) is 18.2 Å². The number of para-hydroxylation sites is 1. The van der Waals surface area contributed by atoms with Crippen molar-refractivity contribution < 1.29 is 19.4 Å². The highest BCUT2D eigenvalue weighted by Gasteiger charge is 2.39. The van der Waals surface area contributed by atoms with Crippen LogP contribution in [0, 0.1) is 11.8 Å². The fraction of sp³-hybridized carbons (Fsp3) is 0.588. The van der Waals surface area contributed by atoms with Gasteiger partial charge < -0.3 is 25.2 Å². The second kappa shape index (κ2) is 7.17. The summed E-state index contributed by atoms with van der Waals surface area (Å²) >= 11 is 0. The van der Waals surface area contributed by atoms with Crippen LogP contribution < -0.4 is 20.1 Å². The quantitative estimate of drug-likeness (QED) is 0.737. The molecule has 132 valence electrons. The Labute approximate surface area is 147 Å². The number of ether oxygens (including phenoxy) is 2. The van der Waals surface area contributed by atoms with Crippen molar-refractivity contribution in [2.75, 3.05) is 26.3 Å². The highest BCUT2D eigenvalue weighted by atomic mass is 35.5. The molecular formula is C17H23ClN2O4. The first-order valence-electron chi connectivity index (χ1n) is 8.30. The molecular weight excluding hydrogens is 332 g/mol. The molecule has 2 heterocycles. The lowest BCUT2D eigenvalue weighted by Crippen LogP contribution is -2.49. The summed E-state index contributed by atoms with van der Waals surface area (Å²) in [6.45, 7) is 2.88. The van der Waals surface area contributed by atoms with Gasteiger partial charge in [0.1, 0.15) is 13.2 Å². The minimum Gasteiger partial charge on any atom is -0.486 e. The minimum atomic E-state index is -0.489. The van der Waals surface area contributed by atoms with Crippen molar-refractivity contribution in [1.29, 1.82) is 0 Å². The lowest BCUT2D eigenvalue weighted by atomic mass is 9.77. The molecule has 1 aromatic rings. The zero-order valence-electron chi connectivity index (χ0n) is 13.4. The average molecular weight is 355 g/mol. The average Bonchev–Trinajstić information content (AvgIpc) is 3.01. The Morgan fingerprint density at radius 2 is 1.92 bits per heavy atom. The molecule has 1 amide bonds. The first kappa shape index (κ1) is 17.3. The summed E-state index contributed by atoms with van der Waals surface area (Å²) < 4.78 is 11.1. The number of benzene rings is 1. The van der Waals surface area contributed by atoms with Crippen LogP contribution in [0.2, 0.25) is 0 Å². The number of aliphatic hydroxyl groups is 1. The number of rotatable bonds is 2. The number of carbonyl (C=O) groups is 1. The molecule has 3 N–H and O–H groups in total. The number of nitrogens with one attached hydrogen (secondary N) is 2. The monoisotopic (exact) mass is 354 g/mol. The van der Waals surface area contributed by atoms with E-state index in [9.17, 15) is 9.90 Å². The van der Waals surface area contributed by atoms with Gasteiger partial charge in [0.15, 0.2) is 11.5 Å². The molecule has 0 radical (unpaired) electrons. The molecule has 2 aliphatic heterocycles. The molecule has 24 heavy (non-hydrogen) atoms. The lowest BCUT2D eigenvalue weighted by molar-refractivity contribution is 0.0459. The van der Waals surface area contributed by atoms with Gasteiger partial charge in [-0.2, -0.15) is 0 Å². The normalized spacial score (nSPS) is 30.9. The van der Waals surface area contributed by atoms with Crippen LogP contribution in [0.1, 0.15) is 23.2 Å². The molecule has 1 aromatic carbocycles. The van der Waals surface area contributed by atoms with Gasteiger partial charge in [0.05, 0.1) is 17.7 Å². The Balaban J connectivity index is 0.00000169. The van der Waals surface area contributed by atoms with Crippen molar-refractivity contribution in [1.82, 2.24) is 10.6 Å². The molecule has 7 heteroatoms. The SMILES string of the molecule is Cl.O=C(N[C@H]1C[C@H]2CNC[C@H]2C[C@@H]1O)c1cccc2c1OCCO2. The standard InChI is InChI=1S/C17H22N2O4.ClH/c20-14-7-11-9-18-8-10(11)6-13(14)19-17(21)12-2-1-3-15-16(12)23-5-4-22-15;/h1-3,10-11,13-14,18,20H,4-9H2,(H,19,21);1H/t10-,11+,13-,14-;/m0./s1. The molecule has 3 aliphatic rings. The fourth-order valence-electron chi connectivity index (χ4n) is 3.95. The van der Waals surface area contributed by atoms with Crippen molar-refractivity contribution in [3.05, 3.63) is 23.8 Å². The molecule has 6 nitrogen and oxygen atoms in total. The molecule has 0 spiro atoms. The van der Waals surface area contributed by atoms with E-state index in [-0.39, 0.29) is 24.4 Å². The first-order chi connectivity index (χ1) is 11.2. The molecule has 4 atom stereocenters. The van der Waals surface area contributed by atoms with Gasteiger partial charge in [0.25, 0.3) is 5.91 Å². The van der Waals surface area contributed by atoms with Crippen molar-refractivity contribution in [3.8, 4) is 11.5 Å². The highest BCUT2D eigenvalue weighted by molar-refractivity contribution is 5.98. The zero-order chi connectivity index (χ0) is 15.8. The van der Waals surface area contributed by atoms with E-state index in [0.717, 1.165) is 25.9 Å². The van der Waals surface area contributed by atoms with Crippen LogP contribution in [0.15, 0.2) is 18.2 Å². The van der Waals surface area contributed by atoms with E-state index >= 15 is 0 Å². The topological polar surface area (TPSA) is 79.8 Å². The predicted octanol–water partition coefficient (Wildman–Crippen LogP) is 0.968. The summed E-state index contributed by atoms with van der Waals surface area (Å²) in [6, 6.07) is 5.12. The maximum absolute atomic E-state index is 12.6. The maximum atomic E-state index is 12.6. The van der Waals surface area contributed by atoms with Crippen molar-refractivity contribution in [3.63, 3.8) is 0 Å². The summed E-state index contributed by atoms with van der Waals surface area (Å²) in [5, 5.41) is 16.7. The van der Waals surface area contributed by atoms with Gasteiger partial charge in [-0.25, -0.2) is 0 Å². The van der Waals surface area contributed by atoms with Gasteiger partial charge in [-0.15, -0.1) is 12.4 Å². The van der Waals surface area contributed by atoms with Crippen molar-refractivity contribution in [2.45, 2.75) is 25.0 Å². The van der Waals surface area contributed by atoms with Gasteiger partial charge in [0, 0.05) is 0 Å². The van der Waals surface area contributed by atoms with Gasteiger partial charge in [-0.05, 0) is 49.9 Å². The molecule has 2 fully saturated rings. The van der Waals surface area contributed by atoms with Crippen LogP contribution in [0.4, 0.5) is 0 Å². The molecule has 1 saturated carbocycles. The second-order valence-corrected chi connectivity index (χ2v) is 6.63. The number of amides is 1. The number of hydrogen-bond acceptors (Lipinski definition) is 5. The maximum Gasteiger partial charge on any atom is 0.255 e. The van der Waals surface area contributed by atoms with Crippen LogP contribution in [-0.2, 0) is 0 Å². The van der Waals surface area contributed by atoms with Gasteiger partial charge >= 0.3 is 0 Å². The van der Waals surface area contributed by atoms with E-state index in [1.807, 2.05) is 0 Å². The molecule has 4 rings (SSSR count). The summed E-state index contributed by atoms with van der Waals surface area (Å²) in [4.78, 5) is 12.6. The third-order valence-corrected chi connectivity index (χ3v) is 5.17. The number of carbonyl (C=O) groups excluding carboxylic acids is 1. The van der Waals surface area contributed by atoms with Gasteiger partial charge in [0.2, 0.25) is 0 Å². The van der Waals surface area contributed by atoms with Crippen LogP contribution >= 0.6 is 12.4 Å². The Bertz CT molecular complexity index is 612. The van der Waals surface area contributed by atoms with Crippen LogP contribution in [-0.4, -0.2) is 49.5 Å². The first-order valence-corrected chi connectivity index (χ1v) is 8.30. The Morgan fingerprint density at radius 1 is 1.17 bits per heavy atom. The second-order valence-electron chi connectivity index (χ2n) is 6.63. The minimum absolute atomic E-state index is 0. The Morgan fingerprint density at radius 3 is 2.75 bits per heavy atom. The number of fused-ring (bicyclic) bond motifs is 2. The van der Waals surface area contributed by atoms with E-state index in [4.69, 9.17) is 9.47 Å². The lowest BCUT2D eigenvalue weighted by Gasteiger charge is -2.35. The van der Waals surface area contributed by atoms with Crippen molar-refractivity contribution in [2.24, 2.45) is 11.8 Å². The van der Waals surface area contributed by atoms with E-state index in [0.29, 0.717) is 42.1 Å². The molecule has 1 saturated heterocycles. The molecule has 0 unspecified atom stereocenters. The third-order valence-electron chi connectivity index (χ3n) is 5.17. The zero-order valence-corrected chi connectivity index (χ0v) is 14.2. The highest BCUT2D eigenvalue weighted by Crippen LogP contribution is 2.35. The summed E-state index contributed by atoms with van der Waals surface area (Å²) in [5.41, 5.74) is 0.473. The largest absolute Gasteiger partial charge is 0.486 e. The van der Waals surface area contributed by atoms with Crippen LogP contribution in [0.5, 0.6) is 11.5 Å². The number of hydrogen-bond donors (Lipinski definition) is 3. The molecule has 0 aromatic heterocycles. The summed E-state index contributed by atoms with van der Waals surface area (Å²) in [7, 11) is 0.